The lowest BCUT2D eigenvalue weighted by Crippen LogP contribution is -1.84. The second kappa shape index (κ2) is 3.50. The van der Waals surface area contributed by atoms with Crippen LogP contribution in [0.2, 0.25) is 5.02 Å². The number of aliphatic hydroxyl groups excluding tert-OH is 1. The average Bonchev–Trinajstić information content (AvgIpc) is 2.45. The van der Waals surface area contributed by atoms with Crippen molar-refractivity contribution in [2.24, 2.45) is 0 Å². The van der Waals surface area contributed by atoms with Crippen molar-refractivity contribution in [2.75, 3.05) is 0 Å². The van der Waals surface area contributed by atoms with Crippen LogP contribution in [0.4, 0.5) is 0 Å². The Morgan fingerprint density at radius 2 is 2.23 bits per heavy atom. The highest BCUT2D eigenvalue weighted by molar-refractivity contribution is 7.83. The molecule has 1 aromatic heterocycles. The van der Waals surface area contributed by atoms with Gasteiger partial charge in [0.1, 0.15) is 0 Å². The van der Waals surface area contributed by atoms with Crippen LogP contribution in [-0.4, -0.2) is 5.11 Å². The van der Waals surface area contributed by atoms with E-state index in [1.807, 2.05) is 12.1 Å². The Morgan fingerprint density at radius 1 is 1.46 bits per heavy atom. The molecule has 2 aromatic rings. The number of halogens is 1. The molecule has 1 aromatic carbocycles. The average molecular weight is 231 g/mol. The zero-order valence-electron chi connectivity index (χ0n) is 6.62. The largest absolute Gasteiger partial charge is 0.392 e. The molecule has 0 fully saturated rings. The normalized spacial score (nSPS) is 11.0. The molecular formula is C9H7ClOS2. The van der Waals surface area contributed by atoms with Crippen molar-refractivity contribution < 1.29 is 5.11 Å². The van der Waals surface area contributed by atoms with E-state index < -0.39 is 0 Å². The van der Waals surface area contributed by atoms with Gasteiger partial charge in [0.15, 0.2) is 0 Å². The summed E-state index contributed by atoms with van der Waals surface area (Å²) >= 11 is 11.8. The van der Waals surface area contributed by atoms with Crippen LogP contribution < -0.4 is 0 Å². The van der Waals surface area contributed by atoms with Crippen LogP contribution in [0.3, 0.4) is 0 Å². The maximum absolute atomic E-state index is 9.12. The minimum atomic E-state index is -0.0277. The van der Waals surface area contributed by atoms with E-state index in [0.717, 1.165) is 19.9 Å². The summed E-state index contributed by atoms with van der Waals surface area (Å²) in [7, 11) is 0. The van der Waals surface area contributed by atoms with Crippen LogP contribution in [0.15, 0.2) is 22.4 Å². The lowest BCUT2D eigenvalue weighted by atomic mass is 10.1. The van der Waals surface area contributed by atoms with Crippen molar-refractivity contribution in [1.82, 2.24) is 0 Å². The number of thiophene rings is 1. The van der Waals surface area contributed by atoms with Gasteiger partial charge >= 0.3 is 0 Å². The number of rotatable bonds is 1. The second-order valence-corrected chi connectivity index (χ2v) is 4.96. The zero-order chi connectivity index (χ0) is 9.42. The number of aliphatic hydroxyl groups is 1. The summed E-state index contributed by atoms with van der Waals surface area (Å²) in [4.78, 5) is 0. The fraction of sp³-hybridized carbons (Fsp3) is 0.111. The predicted octanol–water partition coefficient (Wildman–Crippen LogP) is 3.34. The first-order chi connectivity index (χ1) is 6.22. The summed E-state index contributed by atoms with van der Waals surface area (Å²) in [5, 5.41) is 10.7. The Labute approximate surface area is 90.4 Å². The van der Waals surface area contributed by atoms with Crippen LogP contribution in [-0.2, 0) is 6.61 Å². The van der Waals surface area contributed by atoms with Crippen molar-refractivity contribution >= 4 is 45.7 Å². The Bertz CT molecular complexity index is 450. The smallest absolute Gasteiger partial charge is 0.0702 e. The number of thiol groups is 1. The monoisotopic (exact) mass is 230 g/mol. The summed E-state index contributed by atoms with van der Waals surface area (Å²) in [6.07, 6.45) is 0. The van der Waals surface area contributed by atoms with Gasteiger partial charge in [-0.15, -0.1) is 24.0 Å². The SMILES string of the molecule is OCc1c(Cl)ccc2sc(S)cc12. The van der Waals surface area contributed by atoms with Crippen LogP contribution in [0.1, 0.15) is 5.56 Å². The van der Waals surface area contributed by atoms with E-state index in [9.17, 15) is 0 Å². The minimum Gasteiger partial charge on any atom is -0.392 e. The standard InChI is InChI=1S/C9H7ClOS2/c10-7-1-2-8-5(6(7)4-11)3-9(12)13-8/h1-3,11-12H,4H2. The van der Waals surface area contributed by atoms with Crippen LogP contribution in [0.5, 0.6) is 0 Å². The number of hydrogen-bond acceptors (Lipinski definition) is 3. The van der Waals surface area contributed by atoms with Gasteiger partial charge in [0.25, 0.3) is 0 Å². The Morgan fingerprint density at radius 3 is 2.92 bits per heavy atom. The van der Waals surface area contributed by atoms with E-state index >= 15 is 0 Å². The molecule has 0 saturated carbocycles. The fourth-order valence-corrected chi connectivity index (χ4v) is 2.77. The Hall–Kier alpha value is -0.220. The summed E-state index contributed by atoms with van der Waals surface area (Å²) in [6.45, 7) is -0.0277. The molecule has 0 aliphatic rings. The lowest BCUT2D eigenvalue weighted by Gasteiger charge is -2.00. The zero-order valence-corrected chi connectivity index (χ0v) is 9.09. The third-order valence-electron chi connectivity index (χ3n) is 1.90. The van der Waals surface area contributed by atoms with Gasteiger partial charge in [-0.25, -0.2) is 0 Å². The third kappa shape index (κ3) is 1.57. The summed E-state index contributed by atoms with van der Waals surface area (Å²) in [5.41, 5.74) is 0.788. The highest BCUT2D eigenvalue weighted by Crippen LogP contribution is 2.33. The third-order valence-corrected chi connectivity index (χ3v) is 3.56. The van der Waals surface area contributed by atoms with Crippen LogP contribution >= 0.6 is 35.6 Å². The topological polar surface area (TPSA) is 20.2 Å². The van der Waals surface area contributed by atoms with E-state index in [2.05, 4.69) is 12.6 Å². The second-order valence-electron chi connectivity index (χ2n) is 2.68. The quantitative estimate of drug-likeness (QED) is 0.720. The van der Waals surface area contributed by atoms with Gasteiger partial charge in [0.2, 0.25) is 0 Å². The van der Waals surface area contributed by atoms with Crippen LogP contribution in [0, 0.1) is 0 Å². The first-order valence-electron chi connectivity index (χ1n) is 3.73. The van der Waals surface area contributed by atoms with Crippen molar-refractivity contribution in [3.05, 3.63) is 28.8 Å². The molecule has 0 atom stereocenters. The molecule has 0 aliphatic heterocycles. The molecule has 1 heterocycles. The molecule has 0 saturated heterocycles. The van der Waals surface area contributed by atoms with Crippen molar-refractivity contribution in [3.8, 4) is 0 Å². The molecule has 1 N–H and O–H groups in total. The first kappa shape index (κ1) is 9.34. The van der Waals surface area contributed by atoms with Crippen LogP contribution in [0.25, 0.3) is 10.1 Å². The Kier molecular flexibility index (Phi) is 2.51. The Balaban J connectivity index is 2.82. The fourth-order valence-electron chi connectivity index (χ4n) is 1.29. The molecule has 4 heteroatoms. The first-order valence-corrected chi connectivity index (χ1v) is 5.37. The summed E-state index contributed by atoms with van der Waals surface area (Å²) in [5.74, 6) is 0. The van der Waals surface area contributed by atoms with Gasteiger partial charge in [-0.2, -0.15) is 0 Å². The lowest BCUT2D eigenvalue weighted by molar-refractivity contribution is 0.283. The summed E-state index contributed by atoms with van der Waals surface area (Å²) in [6, 6.07) is 5.68. The van der Waals surface area contributed by atoms with Gasteiger partial charge in [0.05, 0.1) is 10.8 Å². The molecule has 68 valence electrons. The maximum atomic E-state index is 9.12. The van der Waals surface area contributed by atoms with Gasteiger partial charge in [-0.1, -0.05) is 11.6 Å². The predicted molar refractivity (Wildman–Crippen MR) is 60.0 cm³/mol. The molecule has 13 heavy (non-hydrogen) atoms. The number of benzene rings is 1. The van der Waals surface area contributed by atoms with Crippen molar-refractivity contribution in [3.63, 3.8) is 0 Å². The van der Waals surface area contributed by atoms with Crippen molar-refractivity contribution in [2.45, 2.75) is 10.8 Å². The van der Waals surface area contributed by atoms with E-state index in [0.29, 0.717) is 5.02 Å². The number of fused-ring (bicyclic) bond motifs is 1. The highest BCUT2D eigenvalue weighted by atomic mass is 35.5. The highest BCUT2D eigenvalue weighted by Gasteiger charge is 2.07. The van der Waals surface area contributed by atoms with E-state index in [1.165, 1.54) is 0 Å². The maximum Gasteiger partial charge on any atom is 0.0702 e. The van der Waals surface area contributed by atoms with Gasteiger partial charge < -0.3 is 5.11 Å². The molecule has 0 unspecified atom stereocenters. The molecular weight excluding hydrogens is 224 g/mol. The molecule has 0 bridgehead atoms. The van der Waals surface area contributed by atoms with Gasteiger partial charge in [0, 0.05) is 20.7 Å². The molecule has 0 radical (unpaired) electrons. The molecule has 0 amide bonds. The van der Waals surface area contributed by atoms with Gasteiger partial charge in [-0.05, 0) is 18.2 Å². The molecule has 0 spiro atoms. The van der Waals surface area contributed by atoms with E-state index in [-0.39, 0.29) is 6.61 Å². The van der Waals surface area contributed by atoms with Crippen molar-refractivity contribution in [1.29, 1.82) is 0 Å². The minimum absolute atomic E-state index is 0.0277. The van der Waals surface area contributed by atoms with Gasteiger partial charge in [-0.3, -0.25) is 0 Å². The number of hydrogen-bond donors (Lipinski definition) is 2. The molecule has 2 rings (SSSR count). The molecule has 0 aliphatic carbocycles. The van der Waals surface area contributed by atoms with E-state index in [4.69, 9.17) is 16.7 Å². The molecule has 1 nitrogen and oxygen atoms in total. The van der Waals surface area contributed by atoms with E-state index in [1.54, 1.807) is 17.4 Å². The summed E-state index contributed by atoms with van der Waals surface area (Å²) < 4.78 is 2.05.